The standard InChI is InChI=1S/C30H30ClN3O4/c1-33-30(38-27-17-9-8-16-26(27)36-2)24(28(32-33)21-11-4-3-5-12-21)20-34(19-22-13-10-18-37-22)29(35)23-14-6-7-15-25(23)31/h3-9,11-12,14-17,22H,10,13,18-20H2,1-2H3/t22-/m1/s1. The summed E-state index contributed by atoms with van der Waals surface area (Å²) < 4.78 is 19.6. The summed E-state index contributed by atoms with van der Waals surface area (Å²) in [4.78, 5) is 15.7. The Morgan fingerprint density at radius 1 is 1.05 bits per heavy atom. The lowest BCUT2D eigenvalue weighted by molar-refractivity contribution is 0.0506. The van der Waals surface area contributed by atoms with Crippen molar-refractivity contribution in [3.05, 3.63) is 95.0 Å². The van der Waals surface area contributed by atoms with Crippen LogP contribution in [0.2, 0.25) is 5.02 Å². The molecule has 1 aliphatic heterocycles. The van der Waals surface area contributed by atoms with Crippen molar-refractivity contribution < 1.29 is 19.0 Å². The third-order valence-electron chi connectivity index (χ3n) is 6.60. The van der Waals surface area contributed by atoms with Gasteiger partial charge < -0.3 is 19.1 Å². The van der Waals surface area contributed by atoms with Gasteiger partial charge in [0.25, 0.3) is 5.91 Å². The van der Waals surface area contributed by atoms with Crippen molar-refractivity contribution in [3.63, 3.8) is 0 Å². The van der Waals surface area contributed by atoms with E-state index in [9.17, 15) is 4.79 Å². The fourth-order valence-electron chi connectivity index (χ4n) is 4.71. The van der Waals surface area contributed by atoms with Crippen LogP contribution in [0.1, 0.15) is 28.8 Å². The highest BCUT2D eigenvalue weighted by molar-refractivity contribution is 6.33. The van der Waals surface area contributed by atoms with Gasteiger partial charge in [0.2, 0.25) is 5.88 Å². The van der Waals surface area contributed by atoms with Gasteiger partial charge >= 0.3 is 0 Å². The summed E-state index contributed by atoms with van der Waals surface area (Å²) in [5, 5.41) is 5.23. The molecule has 196 valence electrons. The van der Waals surface area contributed by atoms with Crippen molar-refractivity contribution in [2.45, 2.75) is 25.5 Å². The van der Waals surface area contributed by atoms with Gasteiger partial charge in [-0.2, -0.15) is 5.10 Å². The number of ether oxygens (including phenoxy) is 3. The largest absolute Gasteiger partial charge is 0.493 e. The average molecular weight is 532 g/mol. The van der Waals surface area contributed by atoms with Gasteiger partial charge in [-0.25, -0.2) is 4.68 Å². The normalized spacial score (nSPS) is 14.9. The summed E-state index contributed by atoms with van der Waals surface area (Å²) in [6, 6.07) is 24.5. The second-order valence-corrected chi connectivity index (χ2v) is 9.58. The van der Waals surface area contributed by atoms with E-state index in [1.54, 1.807) is 28.8 Å². The Labute approximate surface area is 227 Å². The monoisotopic (exact) mass is 531 g/mol. The van der Waals surface area contributed by atoms with Crippen molar-refractivity contribution in [3.8, 4) is 28.6 Å². The van der Waals surface area contributed by atoms with E-state index in [1.165, 1.54) is 0 Å². The fraction of sp³-hybridized carbons (Fsp3) is 0.267. The van der Waals surface area contributed by atoms with Gasteiger partial charge in [-0.05, 0) is 37.1 Å². The van der Waals surface area contributed by atoms with Crippen molar-refractivity contribution in [1.82, 2.24) is 14.7 Å². The number of halogens is 1. The molecule has 8 heteroatoms. The highest BCUT2D eigenvalue weighted by atomic mass is 35.5. The van der Waals surface area contributed by atoms with Crippen LogP contribution in [-0.4, -0.2) is 47.0 Å². The lowest BCUT2D eigenvalue weighted by Gasteiger charge is -2.26. The van der Waals surface area contributed by atoms with E-state index in [0.717, 1.165) is 29.7 Å². The van der Waals surface area contributed by atoms with E-state index in [0.29, 0.717) is 41.1 Å². The molecule has 0 saturated carbocycles. The van der Waals surface area contributed by atoms with Gasteiger partial charge in [0.1, 0.15) is 5.69 Å². The first-order chi connectivity index (χ1) is 18.5. The first-order valence-electron chi connectivity index (χ1n) is 12.6. The lowest BCUT2D eigenvalue weighted by Crippen LogP contribution is -2.37. The smallest absolute Gasteiger partial charge is 0.255 e. The number of methoxy groups -OCH3 is 1. The van der Waals surface area contributed by atoms with Gasteiger partial charge in [0.15, 0.2) is 11.5 Å². The Balaban J connectivity index is 1.59. The molecule has 1 atom stereocenters. The fourth-order valence-corrected chi connectivity index (χ4v) is 4.92. The quantitative estimate of drug-likeness (QED) is 0.251. The van der Waals surface area contributed by atoms with Gasteiger partial charge in [0.05, 0.1) is 35.9 Å². The molecule has 0 bridgehead atoms. The molecule has 1 aromatic heterocycles. The maximum atomic E-state index is 13.9. The van der Waals surface area contributed by atoms with Crippen LogP contribution >= 0.6 is 11.6 Å². The summed E-state index contributed by atoms with van der Waals surface area (Å²) in [5.74, 6) is 1.51. The minimum absolute atomic E-state index is 0.0446. The Bertz CT molecular complexity index is 1400. The second kappa shape index (κ2) is 11.7. The number of amides is 1. The van der Waals surface area contributed by atoms with Crippen molar-refractivity contribution in [2.24, 2.45) is 7.05 Å². The van der Waals surface area contributed by atoms with Crippen LogP contribution in [0, 0.1) is 0 Å². The maximum Gasteiger partial charge on any atom is 0.255 e. The first kappa shape index (κ1) is 25.8. The van der Waals surface area contributed by atoms with E-state index in [2.05, 4.69) is 0 Å². The number of carbonyl (C=O) groups excluding carboxylic acids is 1. The van der Waals surface area contributed by atoms with Crippen LogP contribution in [0.3, 0.4) is 0 Å². The zero-order valence-corrected chi connectivity index (χ0v) is 22.2. The molecule has 0 N–H and O–H groups in total. The Morgan fingerprint density at radius 3 is 2.47 bits per heavy atom. The molecule has 7 nitrogen and oxygen atoms in total. The molecule has 1 saturated heterocycles. The van der Waals surface area contributed by atoms with E-state index in [-0.39, 0.29) is 18.6 Å². The number of benzene rings is 3. The molecule has 1 amide bonds. The van der Waals surface area contributed by atoms with Gasteiger partial charge in [0, 0.05) is 25.8 Å². The van der Waals surface area contributed by atoms with Gasteiger partial charge in [-0.1, -0.05) is 66.2 Å². The number of rotatable bonds is 9. The predicted molar refractivity (Wildman–Crippen MR) is 147 cm³/mol. The molecular weight excluding hydrogens is 502 g/mol. The molecule has 2 heterocycles. The van der Waals surface area contributed by atoms with Crippen LogP contribution in [-0.2, 0) is 18.3 Å². The number of nitrogens with zero attached hydrogens (tertiary/aromatic N) is 3. The Morgan fingerprint density at radius 2 is 1.76 bits per heavy atom. The van der Waals surface area contributed by atoms with Crippen LogP contribution in [0.4, 0.5) is 0 Å². The number of aryl methyl sites for hydroxylation is 1. The molecule has 5 rings (SSSR count). The van der Waals surface area contributed by atoms with E-state index in [4.69, 9.17) is 30.9 Å². The first-order valence-corrected chi connectivity index (χ1v) is 13.0. The van der Waals surface area contributed by atoms with Crippen LogP contribution in [0.5, 0.6) is 17.4 Å². The molecule has 0 unspecified atom stereocenters. The topological polar surface area (TPSA) is 65.8 Å². The number of para-hydroxylation sites is 2. The average Bonchev–Trinajstić information content (AvgIpc) is 3.57. The number of hydrogen-bond donors (Lipinski definition) is 0. The molecule has 0 spiro atoms. The summed E-state index contributed by atoms with van der Waals surface area (Å²) in [7, 11) is 3.44. The second-order valence-electron chi connectivity index (χ2n) is 9.18. The number of aromatic nitrogens is 2. The Hall–Kier alpha value is -3.81. The molecule has 38 heavy (non-hydrogen) atoms. The summed E-state index contributed by atoms with van der Waals surface area (Å²) >= 11 is 6.45. The summed E-state index contributed by atoms with van der Waals surface area (Å²) in [6.45, 7) is 1.39. The van der Waals surface area contributed by atoms with E-state index < -0.39 is 0 Å². The molecule has 3 aromatic carbocycles. The van der Waals surface area contributed by atoms with Crippen molar-refractivity contribution in [1.29, 1.82) is 0 Å². The van der Waals surface area contributed by atoms with Crippen LogP contribution in [0.15, 0.2) is 78.9 Å². The van der Waals surface area contributed by atoms with Gasteiger partial charge in [-0.3, -0.25) is 4.79 Å². The number of hydrogen-bond acceptors (Lipinski definition) is 5. The predicted octanol–water partition coefficient (Wildman–Crippen LogP) is 6.36. The summed E-state index contributed by atoms with van der Waals surface area (Å²) in [5.41, 5.74) is 2.89. The molecule has 0 radical (unpaired) electrons. The van der Waals surface area contributed by atoms with Crippen molar-refractivity contribution in [2.75, 3.05) is 20.3 Å². The minimum Gasteiger partial charge on any atom is -0.493 e. The van der Waals surface area contributed by atoms with Crippen molar-refractivity contribution >= 4 is 17.5 Å². The molecule has 0 aliphatic carbocycles. The third kappa shape index (κ3) is 5.54. The number of carbonyl (C=O) groups is 1. The minimum atomic E-state index is -0.169. The van der Waals surface area contributed by atoms with E-state index in [1.807, 2.05) is 73.8 Å². The SMILES string of the molecule is COc1ccccc1Oc1c(CN(C[C@H]2CCCO2)C(=O)c2ccccc2Cl)c(-c2ccccc2)nn1C. The molecule has 1 fully saturated rings. The summed E-state index contributed by atoms with van der Waals surface area (Å²) in [6.07, 6.45) is 1.83. The highest BCUT2D eigenvalue weighted by Gasteiger charge is 2.29. The van der Waals surface area contributed by atoms with E-state index >= 15 is 0 Å². The zero-order chi connectivity index (χ0) is 26.5. The van der Waals surface area contributed by atoms with Crippen LogP contribution in [0.25, 0.3) is 11.3 Å². The Kier molecular flexibility index (Phi) is 7.96. The molecule has 1 aliphatic rings. The molecular formula is C30H30ClN3O4. The molecule has 4 aromatic rings. The van der Waals surface area contributed by atoms with Gasteiger partial charge in [-0.15, -0.1) is 0 Å². The van der Waals surface area contributed by atoms with Crippen LogP contribution < -0.4 is 9.47 Å². The third-order valence-corrected chi connectivity index (χ3v) is 6.93. The zero-order valence-electron chi connectivity index (χ0n) is 21.5. The maximum absolute atomic E-state index is 13.9. The lowest BCUT2D eigenvalue weighted by atomic mass is 10.1. The highest BCUT2D eigenvalue weighted by Crippen LogP contribution is 2.37.